The number of benzene rings is 2. The average molecular weight is 843 g/mol. The van der Waals surface area contributed by atoms with Crippen LogP contribution in [0.5, 0.6) is 0 Å². The van der Waals surface area contributed by atoms with Crippen LogP contribution in [-0.4, -0.2) is 0 Å². The highest BCUT2D eigenvalue weighted by molar-refractivity contribution is 5.79. The summed E-state index contributed by atoms with van der Waals surface area (Å²) in [5.74, 6) is 1.28. The molecule has 4 atom stereocenters. The first-order valence-electron chi connectivity index (χ1n) is 24.6. The Balaban J connectivity index is 1.30. The molecule has 3 aromatic rings. The lowest BCUT2D eigenvalue weighted by Gasteiger charge is -2.52. The van der Waals surface area contributed by atoms with Crippen molar-refractivity contribution in [3.8, 4) is 0 Å². The summed E-state index contributed by atoms with van der Waals surface area (Å²) < 4.78 is 0. The summed E-state index contributed by atoms with van der Waals surface area (Å²) in [4.78, 5) is 2.60. The highest BCUT2D eigenvalue weighted by Gasteiger charge is 2.49. The summed E-state index contributed by atoms with van der Waals surface area (Å²) in [5.41, 5.74) is 16.5. The molecule has 0 radical (unpaired) electrons. The summed E-state index contributed by atoms with van der Waals surface area (Å²) in [5, 5.41) is 4.13. The van der Waals surface area contributed by atoms with Gasteiger partial charge >= 0.3 is 0 Å². The van der Waals surface area contributed by atoms with Crippen molar-refractivity contribution in [3.63, 3.8) is 0 Å². The van der Waals surface area contributed by atoms with Crippen molar-refractivity contribution in [1.82, 2.24) is 0 Å². The first kappa shape index (κ1) is 45.6. The van der Waals surface area contributed by atoms with Crippen molar-refractivity contribution in [2.45, 2.75) is 185 Å². The van der Waals surface area contributed by atoms with Crippen LogP contribution in [0.25, 0.3) is 0 Å². The molecule has 3 aromatic carbocycles. The standard InChI is InChI=1S/C61H82N2/c1-39-32-42(62-51-25-22-41(54(3,4)5)35-49(51)61(18)38-50-47(34-40(61)2)57(10,11)28-29-59(50,14)15)36-44(33-39)63(43-23-24-45-48(37-43)58(12,13)27-26-55(45,6)7)52-21-19-20-46-53(52)60(16,17)31-30-56(46,8)9/h21-25,32-38,40,45,48,62H,26-31H2,1-18H3. The molecule has 63 heavy (non-hydrogen) atoms. The molecule has 2 fully saturated rings. The maximum absolute atomic E-state index is 4.13. The minimum atomic E-state index is -0.200. The van der Waals surface area contributed by atoms with E-state index in [0.717, 1.165) is 18.5 Å². The molecule has 336 valence electrons. The van der Waals surface area contributed by atoms with Crippen molar-refractivity contribution in [2.24, 2.45) is 39.4 Å². The Bertz CT molecular complexity index is 2430. The number of nitrogens with one attached hydrogen (secondary N) is 1. The number of hydrogen-bond acceptors (Lipinski definition) is 2. The quantitative estimate of drug-likeness (QED) is 0.266. The molecular formula is C61H82N2. The maximum atomic E-state index is 4.13. The van der Waals surface area contributed by atoms with Gasteiger partial charge in [-0.15, -0.1) is 0 Å². The molecule has 0 spiro atoms. The minimum Gasteiger partial charge on any atom is -0.355 e. The molecule has 0 amide bonds. The molecule has 1 N–H and O–H groups in total. The zero-order valence-corrected chi connectivity index (χ0v) is 42.9. The molecule has 0 aromatic heterocycles. The zero-order valence-electron chi connectivity index (χ0n) is 42.9. The monoisotopic (exact) mass is 843 g/mol. The van der Waals surface area contributed by atoms with Crippen molar-refractivity contribution in [2.75, 3.05) is 10.2 Å². The van der Waals surface area contributed by atoms with Crippen LogP contribution in [0, 0.1) is 58.5 Å². The highest BCUT2D eigenvalue weighted by atomic mass is 15.2. The largest absolute Gasteiger partial charge is 0.355 e. The van der Waals surface area contributed by atoms with Crippen molar-refractivity contribution in [1.29, 1.82) is 0 Å². The van der Waals surface area contributed by atoms with Crippen molar-refractivity contribution in [3.05, 3.63) is 130 Å². The summed E-state index contributed by atoms with van der Waals surface area (Å²) in [6.45, 7) is 43.8. The van der Waals surface area contributed by atoms with Gasteiger partial charge in [0.1, 0.15) is 0 Å². The summed E-state index contributed by atoms with van der Waals surface area (Å²) in [7, 11) is 0. The van der Waals surface area contributed by atoms with Crippen LogP contribution in [0.1, 0.15) is 184 Å². The smallest absolute Gasteiger partial charge is 0.0591 e. The van der Waals surface area contributed by atoms with Crippen molar-refractivity contribution < 1.29 is 0 Å². The maximum Gasteiger partial charge on any atom is 0.0591 e. The summed E-state index contributed by atoms with van der Waals surface area (Å²) >= 11 is 0. The Kier molecular flexibility index (Phi) is 10.7. The lowest BCUT2D eigenvalue weighted by atomic mass is 9.53. The normalized spacial score (nSPS) is 28.2. The van der Waals surface area contributed by atoms with Crippen LogP contribution >= 0.6 is 0 Å². The van der Waals surface area contributed by atoms with Gasteiger partial charge in [-0.1, -0.05) is 166 Å². The topological polar surface area (TPSA) is 15.3 Å². The highest BCUT2D eigenvalue weighted by Crippen LogP contribution is 2.59. The molecule has 2 heteroatoms. The Morgan fingerprint density at radius 1 is 0.683 bits per heavy atom. The zero-order chi connectivity index (χ0) is 46.1. The number of hydrogen-bond donors (Lipinski definition) is 1. The Hall–Kier alpha value is -3.96. The van der Waals surface area contributed by atoms with Gasteiger partial charge in [-0.05, 0) is 165 Å². The summed E-state index contributed by atoms with van der Waals surface area (Å²) in [6.07, 6.45) is 20.2. The van der Waals surface area contributed by atoms with E-state index in [1.807, 2.05) is 0 Å². The summed E-state index contributed by atoms with van der Waals surface area (Å²) in [6, 6.07) is 24.0. The van der Waals surface area contributed by atoms with Gasteiger partial charge < -0.3 is 10.2 Å². The fourth-order valence-electron chi connectivity index (χ4n) is 12.4. The van der Waals surface area contributed by atoms with Crippen molar-refractivity contribution >= 4 is 22.7 Å². The molecular weight excluding hydrogens is 761 g/mol. The number of aryl methyl sites for hydroxylation is 1. The van der Waals surface area contributed by atoms with Crippen LogP contribution in [0.3, 0.4) is 0 Å². The predicted octanol–water partition coefficient (Wildman–Crippen LogP) is 17.3. The number of anilines is 4. The van der Waals surface area contributed by atoms with E-state index in [1.54, 1.807) is 11.1 Å². The molecule has 0 saturated heterocycles. The lowest BCUT2D eigenvalue weighted by molar-refractivity contribution is 0.0326. The second-order valence-electron chi connectivity index (χ2n) is 26.3. The molecule has 5 aliphatic carbocycles. The molecule has 4 unspecified atom stereocenters. The van der Waals surface area contributed by atoms with E-state index in [0.29, 0.717) is 17.8 Å². The van der Waals surface area contributed by atoms with E-state index in [2.05, 4.69) is 220 Å². The SMILES string of the molecule is Cc1cc(Nc2ccc(C(C)(C)C)cc2C2(C)C=C3C(=CC2C)C(C)(C)CCC3(C)C)cc(N(C2=CC3C(C=C2)C(C)(C)CCC3(C)C)c2cc#cc3c2C(C)(C)CCC3(C)C)c1. The second kappa shape index (κ2) is 14.8. The third-order valence-electron chi connectivity index (χ3n) is 17.6. The number of rotatable bonds is 6. The van der Waals surface area contributed by atoms with E-state index in [-0.39, 0.29) is 43.3 Å². The van der Waals surface area contributed by atoms with Crippen LogP contribution in [-0.2, 0) is 21.7 Å². The first-order valence-corrected chi connectivity index (χ1v) is 24.6. The fraction of sp³-hybridized carbons (Fsp3) is 0.574. The van der Waals surface area contributed by atoms with E-state index in [1.165, 1.54) is 76.3 Å². The molecule has 0 heterocycles. The van der Waals surface area contributed by atoms with Crippen LogP contribution in [0.2, 0.25) is 0 Å². The Morgan fingerprint density at radius 3 is 1.97 bits per heavy atom. The third-order valence-corrected chi connectivity index (χ3v) is 17.6. The van der Waals surface area contributed by atoms with Gasteiger partial charge in [0.2, 0.25) is 0 Å². The van der Waals surface area contributed by atoms with E-state index >= 15 is 0 Å². The predicted molar refractivity (Wildman–Crippen MR) is 272 cm³/mol. The fourth-order valence-corrected chi connectivity index (χ4v) is 12.4. The second-order valence-corrected chi connectivity index (χ2v) is 26.3. The third kappa shape index (κ3) is 7.89. The van der Waals surface area contributed by atoms with Crippen LogP contribution < -0.4 is 10.2 Å². The minimum absolute atomic E-state index is 0.0106. The van der Waals surface area contributed by atoms with Gasteiger partial charge in [-0.2, -0.15) is 0 Å². The van der Waals surface area contributed by atoms with E-state index in [4.69, 9.17) is 0 Å². The number of nitrogens with zero attached hydrogens (tertiary/aromatic N) is 1. The van der Waals surface area contributed by atoms with Gasteiger partial charge in [0.25, 0.3) is 0 Å². The van der Waals surface area contributed by atoms with Gasteiger partial charge in [0.15, 0.2) is 0 Å². The molecule has 5 aliphatic rings. The molecule has 8 rings (SSSR count). The number of fused-ring (bicyclic) bond motifs is 3. The lowest BCUT2D eigenvalue weighted by Crippen LogP contribution is -2.44. The van der Waals surface area contributed by atoms with Gasteiger partial charge in [-0.3, -0.25) is 0 Å². The Labute approximate surface area is 385 Å². The number of allylic oxidation sites excluding steroid dienone is 7. The van der Waals surface area contributed by atoms with Gasteiger partial charge in [0.05, 0.1) is 5.69 Å². The molecule has 0 aliphatic heterocycles. The van der Waals surface area contributed by atoms with Gasteiger partial charge in [-0.25, -0.2) is 0 Å². The van der Waals surface area contributed by atoms with E-state index < -0.39 is 0 Å². The molecule has 2 nitrogen and oxygen atoms in total. The Morgan fingerprint density at radius 2 is 1.30 bits per heavy atom. The molecule has 2 saturated carbocycles. The van der Waals surface area contributed by atoms with Gasteiger partial charge in [0, 0.05) is 39.8 Å². The van der Waals surface area contributed by atoms with Crippen LogP contribution in [0.15, 0.2) is 89.7 Å². The van der Waals surface area contributed by atoms with Crippen LogP contribution in [0.4, 0.5) is 22.7 Å². The first-order chi connectivity index (χ1) is 29.0. The average Bonchev–Trinajstić information content (AvgIpc) is 3.18. The van der Waals surface area contributed by atoms with E-state index in [9.17, 15) is 0 Å². The molecule has 0 bridgehead atoms.